The number of nitrogens with zero attached hydrogens (tertiary/aromatic N) is 6. The molecule has 0 aliphatic carbocycles. The Morgan fingerprint density at radius 3 is 2.54 bits per heavy atom. The molecule has 0 amide bonds. The summed E-state index contributed by atoms with van der Waals surface area (Å²) in [5, 5.41) is 3.72. The van der Waals surface area contributed by atoms with E-state index in [4.69, 9.17) is 11.6 Å². The molecule has 4 heterocycles. The topological polar surface area (TPSA) is 62.1 Å². The zero-order valence-electron chi connectivity index (χ0n) is 20.5. The molecule has 0 atom stereocenters. The maximum atomic E-state index is 13.8. The first-order valence-electron chi connectivity index (χ1n) is 12.4. The summed E-state index contributed by atoms with van der Waals surface area (Å²) in [6.07, 6.45) is 5.39. The standard InChI is InChI=1S/C25H29ClF3N7S/c1-37-36-10-6-18(7-11-36)32-24-30-13-19(25(27,28)29)23(33-24)21-15-35(16-31-21)22-5-4-17(12-20(22)26)14-34-8-2-3-9-34/h4-5,12-13,15-16,18H,2-3,6-11,14H2,1H3,(H,30,32,33). The molecule has 1 aromatic carbocycles. The summed E-state index contributed by atoms with van der Waals surface area (Å²) in [5.74, 6) is 0.171. The van der Waals surface area contributed by atoms with Gasteiger partial charge in [-0.05, 0) is 62.7 Å². The monoisotopic (exact) mass is 551 g/mol. The van der Waals surface area contributed by atoms with Gasteiger partial charge in [-0.15, -0.1) is 0 Å². The maximum Gasteiger partial charge on any atom is 0.420 e. The molecule has 0 bridgehead atoms. The molecular formula is C25H29ClF3N7S. The number of anilines is 1. The molecule has 12 heteroatoms. The minimum atomic E-state index is -4.61. The molecule has 0 spiro atoms. The fraction of sp³-hybridized carbons (Fsp3) is 0.480. The van der Waals surface area contributed by atoms with Crippen molar-refractivity contribution in [1.82, 2.24) is 28.7 Å². The lowest BCUT2D eigenvalue weighted by molar-refractivity contribution is -0.137. The minimum absolute atomic E-state index is 0.100. The molecular weight excluding hydrogens is 523 g/mol. The molecule has 2 aliphatic rings. The minimum Gasteiger partial charge on any atom is -0.351 e. The van der Waals surface area contributed by atoms with Crippen LogP contribution in [0.5, 0.6) is 0 Å². The number of imidazole rings is 1. The van der Waals surface area contributed by atoms with Gasteiger partial charge in [0.15, 0.2) is 0 Å². The largest absolute Gasteiger partial charge is 0.420 e. The molecule has 2 aromatic heterocycles. The summed E-state index contributed by atoms with van der Waals surface area (Å²) in [4.78, 5) is 14.9. The van der Waals surface area contributed by atoms with E-state index in [2.05, 4.69) is 29.5 Å². The van der Waals surface area contributed by atoms with E-state index in [0.29, 0.717) is 10.7 Å². The summed E-state index contributed by atoms with van der Waals surface area (Å²) in [5.41, 5.74) is 0.671. The van der Waals surface area contributed by atoms with Gasteiger partial charge >= 0.3 is 6.18 Å². The van der Waals surface area contributed by atoms with Gasteiger partial charge in [-0.3, -0.25) is 9.21 Å². The van der Waals surface area contributed by atoms with Crippen LogP contribution in [0.3, 0.4) is 0 Å². The third-order valence-corrected chi connectivity index (χ3v) is 8.04. The number of rotatable bonds is 7. The van der Waals surface area contributed by atoms with Crippen LogP contribution in [0.1, 0.15) is 36.8 Å². The van der Waals surface area contributed by atoms with E-state index in [1.807, 2.05) is 24.5 Å². The zero-order chi connectivity index (χ0) is 26.0. The Hall–Kier alpha value is -2.34. The van der Waals surface area contributed by atoms with Crippen LogP contribution in [0.25, 0.3) is 17.1 Å². The Balaban J connectivity index is 1.38. The van der Waals surface area contributed by atoms with E-state index >= 15 is 0 Å². The van der Waals surface area contributed by atoms with Crippen molar-refractivity contribution >= 4 is 29.5 Å². The van der Waals surface area contributed by atoms with Crippen LogP contribution in [-0.4, -0.2) is 67.2 Å². The average molecular weight is 552 g/mol. The zero-order valence-corrected chi connectivity index (χ0v) is 22.1. The molecule has 0 unspecified atom stereocenters. The van der Waals surface area contributed by atoms with Crippen LogP contribution in [-0.2, 0) is 12.7 Å². The molecule has 3 aromatic rings. The summed E-state index contributed by atoms with van der Waals surface area (Å²) in [6.45, 7) is 4.79. The predicted molar refractivity (Wildman–Crippen MR) is 141 cm³/mol. The number of nitrogens with one attached hydrogen (secondary N) is 1. The van der Waals surface area contributed by atoms with E-state index in [0.717, 1.165) is 57.3 Å². The van der Waals surface area contributed by atoms with Crippen molar-refractivity contribution in [3.63, 3.8) is 0 Å². The Morgan fingerprint density at radius 2 is 1.86 bits per heavy atom. The lowest BCUT2D eigenvalue weighted by Gasteiger charge is -2.30. The third kappa shape index (κ3) is 6.22. The molecule has 2 fully saturated rings. The van der Waals surface area contributed by atoms with Gasteiger partial charge in [0.05, 0.1) is 10.7 Å². The number of hydrogen-bond donors (Lipinski definition) is 1. The highest BCUT2D eigenvalue weighted by molar-refractivity contribution is 7.96. The normalized spacial score (nSPS) is 18.0. The summed E-state index contributed by atoms with van der Waals surface area (Å²) < 4.78 is 45.4. The first-order valence-corrected chi connectivity index (χ1v) is 13.9. The third-order valence-electron chi connectivity index (χ3n) is 6.86. The summed E-state index contributed by atoms with van der Waals surface area (Å²) in [6, 6.07) is 5.88. The van der Waals surface area contributed by atoms with E-state index < -0.39 is 11.7 Å². The van der Waals surface area contributed by atoms with Crippen molar-refractivity contribution in [1.29, 1.82) is 0 Å². The van der Waals surface area contributed by atoms with Crippen LogP contribution in [0, 0.1) is 0 Å². The van der Waals surface area contributed by atoms with Gasteiger partial charge in [0.1, 0.15) is 23.3 Å². The van der Waals surface area contributed by atoms with E-state index in [1.54, 1.807) is 16.5 Å². The van der Waals surface area contributed by atoms with Crippen molar-refractivity contribution < 1.29 is 13.2 Å². The smallest absolute Gasteiger partial charge is 0.351 e. The Morgan fingerprint density at radius 1 is 1.11 bits per heavy atom. The van der Waals surface area contributed by atoms with Gasteiger partial charge in [-0.1, -0.05) is 29.6 Å². The lowest BCUT2D eigenvalue weighted by Crippen LogP contribution is -2.35. The van der Waals surface area contributed by atoms with E-state index in [9.17, 15) is 13.2 Å². The summed E-state index contributed by atoms with van der Waals surface area (Å²) >= 11 is 8.27. The second kappa shape index (κ2) is 11.2. The predicted octanol–water partition coefficient (Wildman–Crippen LogP) is 5.75. The molecule has 1 N–H and O–H groups in total. The number of aromatic nitrogens is 4. The second-order valence-electron chi connectivity index (χ2n) is 9.42. The number of halogens is 4. The van der Waals surface area contributed by atoms with Gasteiger partial charge < -0.3 is 9.88 Å². The quantitative estimate of drug-likeness (QED) is 0.375. The first kappa shape index (κ1) is 26.3. The molecule has 0 saturated carbocycles. The lowest BCUT2D eigenvalue weighted by atomic mass is 10.1. The number of likely N-dealkylation sites (tertiary alicyclic amines) is 1. The van der Waals surface area contributed by atoms with Crippen molar-refractivity contribution in [3.05, 3.63) is 53.1 Å². The molecule has 7 nitrogen and oxygen atoms in total. The Kier molecular flexibility index (Phi) is 7.94. The maximum absolute atomic E-state index is 13.8. The number of alkyl halides is 3. The Bertz CT molecular complexity index is 1220. The van der Waals surface area contributed by atoms with Gasteiger partial charge in [0, 0.05) is 38.1 Å². The molecule has 198 valence electrons. The average Bonchev–Trinajstić information content (AvgIpc) is 3.57. The van der Waals surface area contributed by atoms with Crippen LogP contribution in [0.15, 0.2) is 36.9 Å². The molecule has 37 heavy (non-hydrogen) atoms. The van der Waals surface area contributed by atoms with Crippen molar-refractivity contribution in [2.24, 2.45) is 0 Å². The molecule has 2 saturated heterocycles. The highest BCUT2D eigenvalue weighted by atomic mass is 35.5. The molecule has 2 aliphatic heterocycles. The highest BCUT2D eigenvalue weighted by Crippen LogP contribution is 2.36. The van der Waals surface area contributed by atoms with Crippen LogP contribution >= 0.6 is 23.5 Å². The fourth-order valence-corrected chi connectivity index (χ4v) is 5.73. The van der Waals surface area contributed by atoms with E-state index in [-0.39, 0.29) is 23.4 Å². The van der Waals surface area contributed by atoms with Crippen molar-refractivity contribution in [3.8, 4) is 17.1 Å². The summed E-state index contributed by atoms with van der Waals surface area (Å²) in [7, 11) is 0. The SMILES string of the molecule is CSN1CCC(Nc2ncc(C(F)(F)F)c(-c3cn(-c4ccc(CN5CCCC5)cc4Cl)cn3)n2)CC1. The van der Waals surface area contributed by atoms with Gasteiger partial charge in [-0.25, -0.2) is 15.0 Å². The van der Waals surface area contributed by atoms with Crippen LogP contribution in [0.2, 0.25) is 5.02 Å². The van der Waals surface area contributed by atoms with E-state index in [1.165, 1.54) is 25.4 Å². The number of piperidine rings is 1. The van der Waals surface area contributed by atoms with Gasteiger partial charge in [0.2, 0.25) is 5.95 Å². The van der Waals surface area contributed by atoms with Crippen molar-refractivity contribution in [2.75, 3.05) is 37.8 Å². The number of benzene rings is 1. The molecule has 5 rings (SSSR count). The first-order chi connectivity index (χ1) is 17.8. The molecule has 0 radical (unpaired) electrons. The van der Waals surface area contributed by atoms with Crippen molar-refractivity contribution in [2.45, 2.75) is 44.4 Å². The highest BCUT2D eigenvalue weighted by Gasteiger charge is 2.36. The number of hydrogen-bond acceptors (Lipinski definition) is 7. The van der Waals surface area contributed by atoms with Crippen LogP contribution in [0.4, 0.5) is 19.1 Å². The van der Waals surface area contributed by atoms with Gasteiger partial charge in [-0.2, -0.15) is 13.2 Å². The Labute approximate surface area is 223 Å². The van der Waals surface area contributed by atoms with Crippen LogP contribution < -0.4 is 5.32 Å². The second-order valence-corrected chi connectivity index (χ2v) is 10.7. The van der Waals surface area contributed by atoms with Gasteiger partial charge in [0.25, 0.3) is 0 Å². The fourth-order valence-electron chi connectivity index (χ4n) is 4.85.